The van der Waals surface area contributed by atoms with Crippen molar-refractivity contribution in [1.29, 1.82) is 0 Å². The van der Waals surface area contributed by atoms with E-state index in [0.717, 1.165) is 0 Å². The molecule has 0 atom stereocenters. The lowest BCUT2D eigenvalue weighted by molar-refractivity contribution is 0.102. The first-order valence-electron chi connectivity index (χ1n) is 4.94. The number of carbonyl (C=O) groups excluding carboxylic acids is 1. The number of hydrogen-bond acceptors (Lipinski definition) is 2. The van der Waals surface area contributed by atoms with Crippen LogP contribution < -0.4 is 5.32 Å². The molecule has 0 aliphatic heterocycles. The van der Waals surface area contributed by atoms with Gasteiger partial charge in [-0.05, 0) is 46.3 Å². The Balaban J connectivity index is 2.22. The van der Waals surface area contributed by atoms with Crippen LogP contribution in [0.1, 0.15) is 10.4 Å². The summed E-state index contributed by atoms with van der Waals surface area (Å²) in [5.41, 5.74) is 1.08. The predicted molar refractivity (Wildman–Crippen MR) is 76.4 cm³/mol. The number of amides is 1. The molecule has 0 fully saturated rings. The van der Waals surface area contributed by atoms with Crippen molar-refractivity contribution in [2.45, 2.75) is 0 Å². The lowest BCUT2D eigenvalue weighted by Crippen LogP contribution is -2.12. The zero-order valence-corrected chi connectivity index (χ0v) is 12.1. The third kappa shape index (κ3) is 3.22. The van der Waals surface area contributed by atoms with Gasteiger partial charge in [0.25, 0.3) is 5.91 Å². The summed E-state index contributed by atoms with van der Waals surface area (Å²) >= 11 is 14.8. The quantitative estimate of drug-likeness (QED) is 0.819. The van der Waals surface area contributed by atoms with Crippen molar-refractivity contribution in [3.05, 3.63) is 56.7 Å². The van der Waals surface area contributed by atoms with E-state index < -0.39 is 0 Å². The maximum absolute atomic E-state index is 12.0. The summed E-state index contributed by atoms with van der Waals surface area (Å²) in [7, 11) is 0. The van der Waals surface area contributed by atoms with Crippen LogP contribution in [-0.4, -0.2) is 10.9 Å². The number of hydrogen-bond donors (Lipinski definition) is 1. The maximum atomic E-state index is 12.0. The minimum Gasteiger partial charge on any atom is -0.322 e. The molecule has 92 valence electrons. The fourth-order valence-corrected chi connectivity index (χ4v) is 2.39. The summed E-state index contributed by atoms with van der Waals surface area (Å²) in [6.45, 7) is 0. The molecular formula is C12H7BrCl2N2O. The van der Waals surface area contributed by atoms with E-state index in [2.05, 4.69) is 26.2 Å². The Hall–Kier alpha value is -1.10. The average Bonchev–Trinajstić information content (AvgIpc) is 2.28. The van der Waals surface area contributed by atoms with Crippen molar-refractivity contribution >= 4 is 50.7 Å². The molecule has 1 aromatic carbocycles. The molecule has 0 bridgehead atoms. The maximum Gasteiger partial charge on any atom is 0.256 e. The third-order valence-corrected chi connectivity index (χ3v) is 3.26. The number of pyridine rings is 1. The average molecular weight is 346 g/mol. The minimum absolute atomic E-state index is 0.249. The molecule has 18 heavy (non-hydrogen) atoms. The highest BCUT2D eigenvalue weighted by atomic mass is 79.9. The van der Waals surface area contributed by atoms with E-state index in [1.54, 1.807) is 30.3 Å². The molecule has 0 saturated carbocycles. The van der Waals surface area contributed by atoms with E-state index in [4.69, 9.17) is 23.2 Å². The second kappa shape index (κ2) is 5.69. The normalized spacial score (nSPS) is 10.2. The van der Waals surface area contributed by atoms with Crippen LogP contribution in [-0.2, 0) is 0 Å². The molecule has 1 N–H and O–H groups in total. The second-order valence-electron chi connectivity index (χ2n) is 3.45. The van der Waals surface area contributed by atoms with Crippen LogP contribution in [0, 0.1) is 0 Å². The number of aromatic nitrogens is 1. The van der Waals surface area contributed by atoms with E-state index >= 15 is 0 Å². The Morgan fingerprint density at radius 1 is 1.22 bits per heavy atom. The fraction of sp³-hybridized carbons (Fsp3) is 0. The van der Waals surface area contributed by atoms with Crippen molar-refractivity contribution in [2.24, 2.45) is 0 Å². The van der Waals surface area contributed by atoms with Gasteiger partial charge in [-0.1, -0.05) is 23.2 Å². The Morgan fingerprint density at radius 3 is 2.67 bits per heavy atom. The molecule has 0 aliphatic rings. The van der Waals surface area contributed by atoms with Gasteiger partial charge in [0.05, 0.1) is 5.56 Å². The smallest absolute Gasteiger partial charge is 0.256 e. The van der Waals surface area contributed by atoms with Gasteiger partial charge < -0.3 is 5.32 Å². The number of carbonyl (C=O) groups is 1. The van der Waals surface area contributed by atoms with Crippen molar-refractivity contribution in [1.82, 2.24) is 4.98 Å². The summed E-state index contributed by atoms with van der Waals surface area (Å²) in [5, 5.41) is 3.61. The molecule has 0 radical (unpaired) electrons. The molecule has 2 aromatic rings. The van der Waals surface area contributed by atoms with Gasteiger partial charge in [0.15, 0.2) is 0 Å². The highest BCUT2D eigenvalue weighted by Crippen LogP contribution is 2.22. The minimum atomic E-state index is -0.249. The number of halogens is 3. The zero-order valence-electron chi connectivity index (χ0n) is 8.95. The van der Waals surface area contributed by atoms with Crippen molar-refractivity contribution in [3.8, 4) is 0 Å². The second-order valence-corrected chi connectivity index (χ2v) is 5.12. The Labute approximate surface area is 122 Å². The van der Waals surface area contributed by atoms with Crippen LogP contribution in [0.4, 0.5) is 5.69 Å². The monoisotopic (exact) mass is 344 g/mol. The standard InChI is InChI=1S/C12H7BrCl2N2O/c13-10-5-7(14)1-2-9(10)12(18)17-8-3-4-16-11(15)6-8/h1-6H,(H,16,17,18). The molecule has 0 spiro atoms. The van der Waals surface area contributed by atoms with Gasteiger partial charge >= 0.3 is 0 Å². The number of rotatable bonds is 2. The predicted octanol–water partition coefficient (Wildman–Crippen LogP) is 4.40. The van der Waals surface area contributed by atoms with Crippen LogP contribution >= 0.6 is 39.1 Å². The first-order chi connectivity index (χ1) is 8.56. The number of benzene rings is 1. The molecule has 1 amide bonds. The Bertz CT molecular complexity index is 604. The third-order valence-electron chi connectivity index (χ3n) is 2.16. The van der Waals surface area contributed by atoms with Crippen molar-refractivity contribution < 1.29 is 4.79 Å². The van der Waals surface area contributed by atoms with E-state index in [1.807, 2.05) is 0 Å². The molecule has 1 heterocycles. The van der Waals surface area contributed by atoms with E-state index in [9.17, 15) is 4.79 Å². The van der Waals surface area contributed by atoms with Gasteiger partial charge in [0.1, 0.15) is 5.15 Å². The molecule has 0 saturated heterocycles. The summed E-state index contributed by atoms with van der Waals surface area (Å²) in [6, 6.07) is 8.19. The van der Waals surface area contributed by atoms with Gasteiger partial charge in [-0.15, -0.1) is 0 Å². The fourth-order valence-electron chi connectivity index (χ4n) is 1.35. The molecular weight excluding hydrogens is 339 g/mol. The molecule has 3 nitrogen and oxygen atoms in total. The van der Waals surface area contributed by atoms with Gasteiger partial charge in [0.2, 0.25) is 0 Å². The SMILES string of the molecule is O=C(Nc1ccnc(Cl)c1)c1ccc(Cl)cc1Br. The highest BCUT2D eigenvalue weighted by Gasteiger charge is 2.10. The molecule has 0 unspecified atom stereocenters. The Morgan fingerprint density at radius 2 is 2.00 bits per heavy atom. The lowest BCUT2D eigenvalue weighted by Gasteiger charge is -2.07. The van der Waals surface area contributed by atoms with E-state index in [0.29, 0.717) is 25.9 Å². The largest absolute Gasteiger partial charge is 0.322 e. The summed E-state index contributed by atoms with van der Waals surface area (Å²) < 4.78 is 0.632. The van der Waals surface area contributed by atoms with Crippen LogP contribution in [0.5, 0.6) is 0 Å². The summed E-state index contributed by atoms with van der Waals surface area (Å²) in [5.74, 6) is -0.249. The van der Waals surface area contributed by atoms with E-state index in [-0.39, 0.29) is 5.91 Å². The Kier molecular flexibility index (Phi) is 4.22. The molecule has 6 heteroatoms. The number of nitrogens with one attached hydrogen (secondary N) is 1. The first kappa shape index (κ1) is 13.3. The highest BCUT2D eigenvalue weighted by molar-refractivity contribution is 9.10. The summed E-state index contributed by atoms with van der Waals surface area (Å²) in [4.78, 5) is 15.8. The van der Waals surface area contributed by atoms with Gasteiger partial charge in [-0.3, -0.25) is 4.79 Å². The molecule has 0 aliphatic carbocycles. The van der Waals surface area contributed by atoms with Gasteiger partial charge in [-0.2, -0.15) is 0 Å². The zero-order chi connectivity index (χ0) is 13.1. The van der Waals surface area contributed by atoms with Crippen molar-refractivity contribution in [3.63, 3.8) is 0 Å². The van der Waals surface area contributed by atoms with E-state index in [1.165, 1.54) is 6.20 Å². The first-order valence-corrected chi connectivity index (χ1v) is 6.49. The van der Waals surface area contributed by atoms with Crippen molar-refractivity contribution in [2.75, 3.05) is 5.32 Å². The number of nitrogens with zero attached hydrogens (tertiary/aromatic N) is 1. The van der Waals surface area contributed by atoms with Crippen LogP contribution in [0.25, 0.3) is 0 Å². The molecule has 1 aromatic heterocycles. The van der Waals surface area contributed by atoms with Crippen LogP contribution in [0.2, 0.25) is 10.2 Å². The number of anilines is 1. The van der Waals surface area contributed by atoms with Gasteiger partial charge in [0, 0.05) is 21.4 Å². The van der Waals surface area contributed by atoms with Crippen LogP contribution in [0.3, 0.4) is 0 Å². The topological polar surface area (TPSA) is 42.0 Å². The van der Waals surface area contributed by atoms with Crippen LogP contribution in [0.15, 0.2) is 41.0 Å². The molecule has 2 rings (SSSR count). The van der Waals surface area contributed by atoms with Gasteiger partial charge in [-0.25, -0.2) is 4.98 Å². The lowest BCUT2D eigenvalue weighted by atomic mass is 10.2. The summed E-state index contributed by atoms with van der Waals surface area (Å²) in [6.07, 6.45) is 1.52.